The van der Waals surface area contributed by atoms with Gasteiger partial charge in [-0.15, -0.1) is 6.42 Å². The molecule has 0 atom stereocenters. The van der Waals surface area contributed by atoms with Crippen LogP contribution < -0.4 is 4.74 Å². The quantitative estimate of drug-likeness (QED) is 0.684. The zero-order valence-electron chi connectivity index (χ0n) is 8.45. The third-order valence-corrected chi connectivity index (χ3v) is 2.55. The van der Waals surface area contributed by atoms with Gasteiger partial charge in [0.15, 0.2) is 5.78 Å². The van der Waals surface area contributed by atoms with Gasteiger partial charge in [0, 0.05) is 12.0 Å². The first kappa shape index (κ1) is 9.79. The van der Waals surface area contributed by atoms with Crippen LogP contribution in [0.1, 0.15) is 28.8 Å². The first-order valence-corrected chi connectivity index (χ1v) is 5.03. The summed E-state index contributed by atoms with van der Waals surface area (Å²) in [5.74, 6) is 3.40. The maximum atomic E-state index is 11.5. The summed E-state index contributed by atoms with van der Waals surface area (Å²) in [7, 11) is 0. The van der Waals surface area contributed by atoms with Crippen molar-refractivity contribution in [2.45, 2.75) is 19.3 Å². The lowest BCUT2D eigenvalue weighted by molar-refractivity contribution is 0.0972. The zero-order valence-corrected chi connectivity index (χ0v) is 8.45. The molecule has 0 saturated heterocycles. The standard InChI is InChI=1S/C13H12O2/c1-2-8-15-11-6-7-12-10(9-11)4-3-5-13(12)14/h1,6-7,9H,3-5,8H2. The Hall–Kier alpha value is -1.75. The number of benzene rings is 1. The van der Waals surface area contributed by atoms with Crippen molar-refractivity contribution in [2.24, 2.45) is 0 Å². The van der Waals surface area contributed by atoms with E-state index in [0.29, 0.717) is 6.42 Å². The Bertz CT molecular complexity index is 427. The first-order valence-electron chi connectivity index (χ1n) is 5.03. The van der Waals surface area contributed by atoms with Gasteiger partial charge in [0.05, 0.1) is 0 Å². The zero-order chi connectivity index (χ0) is 10.7. The minimum atomic E-state index is 0.236. The second kappa shape index (κ2) is 4.18. The van der Waals surface area contributed by atoms with Crippen molar-refractivity contribution in [1.29, 1.82) is 0 Å². The van der Waals surface area contributed by atoms with Crippen LogP contribution in [0.3, 0.4) is 0 Å². The summed E-state index contributed by atoms with van der Waals surface area (Å²) in [6.45, 7) is 0.271. The van der Waals surface area contributed by atoms with E-state index in [2.05, 4.69) is 5.92 Å². The summed E-state index contributed by atoms with van der Waals surface area (Å²) in [6, 6.07) is 5.56. The van der Waals surface area contributed by atoms with Gasteiger partial charge in [0.1, 0.15) is 12.4 Å². The van der Waals surface area contributed by atoms with Crippen LogP contribution in [-0.2, 0) is 6.42 Å². The van der Waals surface area contributed by atoms with Gasteiger partial charge in [-0.25, -0.2) is 0 Å². The summed E-state index contributed by atoms with van der Waals surface area (Å²) in [6.07, 6.45) is 7.66. The minimum absolute atomic E-state index is 0.236. The van der Waals surface area contributed by atoms with Crippen molar-refractivity contribution in [3.8, 4) is 18.1 Å². The Morgan fingerprint density at radius 1 is 1.40 bits per heavy atom. The SMILES string of the molecule is C#CCOc1ccc2c(c1)CCCC2=O. The predicted molar refractivity (Wildman–Crippen MR) is 58.0 cm³/mol. The van der Waals surface area contributed by atoms with Crippen LogP contribution in [0.2, 0.25) is 0 Å². The number of terminal acetylenes is 1. The van der Waals surface area contributed by atoms with Gasteiger partial charge in [0.2, 0.25) is 0 Å². The van der Waals surface area contributed by atoms with Crippen molar-refractivity contribution in [2.75, 3.05) is 6.61 Å². The number of hydrogen-bond donors (Lipinski definition) is 0. The number of hydrogen-bond acceptors (Lipinski definition) is 2. The van der Waals surface area contributed by atoms with E-state index in [1.807, 2.05) is 12.1 Å². The van der Waals surface area contributed by atoms with E-state index >= 15 is 0 Å². The molecule has 76 valence electrons. The Morgan fingerprint density at radius 3 is 3.07 bits per heavy atom. The first-order chi connectivity index (χ1) is 7.31. The largest absolute Gasteiger partial charge is 0.481 e. The van der Waals surface area contributed by atoms with E-state index in [9.17, 15) is 4.79 Å². The highest BCUT2D eigenvalue weighted by molar-refractivity contribution is 5.98. The lowest BCUT2D eigenvalue weighted by Gasteiger charge is -2.15. The number of ketones is 1. The Balaban J connectivity index is 2.26. The lowest BCUT2D eigenvalue weighted by Crippen LogP contribution is -2.10. The van der Waals surface area contributed by atoms with E-state index < -0.39 is 0 Å². The van der Waals surface area contributed by atoms with Crippen LogP contribution in [0.25, 0.3) is 0 Å². The van der Waals surface area contributed by atoms with Crippen LogP contribution in [0, 0.1) is 12.3 Å². The van der Waals surface area contributed by atoms with Gasteiger partial charge < -0.3 is 4.74 Å². The van der Waals surface area contributed by atoms with Gasteiger partial charge in [-0.3, -0.25) is 4.79 Å². The number of carbonyl (C=O) groups is 1. The molecule has 1 aliphatic rings. The molecule has 0 fully saturated rings. The van der Waals surface area contributed by atoms with E-state index in [0.717, 1.165) is 29.7 Å². The highest BCUT2D eigenvalue weighted by Crippen LogP contribution is 2.25. The molecule has 2 heteroatoms. The Kier molecular flexibility index (Phi) is 2.73. The molecule has 0 spiro atoms. The molecule has 0 aromatic heterocycles. The minimum Gasteiger partial charge on any atom is -0.481 e. The van der Waals surface area contributed by atoms with E-state index in [1.165, 1.54) is 0 Å². The van der Waals surface area contributed by atoms with Crippen molar-refractivity contribution in [3.05, 3.63) is 29.3 Å². The number of Topliss-reactive ketones (excluding diaryl/α,β-unsaturated/α-hetero) is 1. The summed E-state index contributed by atoms with van der Waals surface area (Å²) in [5.41, 5.74) is 1.93. The lowest BCUT2D eigenvalue weighted by atomic mass is 9.91. The molecule has 15 heavy (non-hydrogen) atoms. The molecule has 1 aliphatic carbocycles. The maximum Gasteiger partial charge on any atom is 0.163 e. The molecule has 2 rings (SSSR count). The third-order valence-electron chi connectivity index (χ3n) is 2.55. The highest BCUT2D eigenvalue weighted by atomic mass is 16.5. The average Bonchev–Trinajstić information content (AvgIpc) is 2.26. The molecule has 0 aliphatic heterocycles. The van der Waals surface area contributed by atoms with Crippen molar-refractivity contribution < 1.29 is 9.53 Å². The predicted octanol–water partition coefficient (Wildman–Crippen LogP) is 2.22. The smallest absolute Gasteiger partial charge is 0.163 e. The van der Waals surface area contributed by atoms with Gasteiger partial charge in [0.25, 0.3) is 0 Å². The van der Waals surface area contributed by atoms with Crippen molar-refractivity contribution in [1.82, 2.24) is 0 Å². The fraction of sp³-hybridized carbons (Fsp3) is 0.308. The van der Waals surface area contributed by atoms with Crippen LogP contribution >= 0.6 is 0 Å². The maximum absolute atomic E-state index is 11.5. The molecule has 0 amide bonds. The molecule has 0 bridgehead atoms. The normalized spacial score (nSPS) is 14.2. The molecular formula is C13H12O2. The van der Waals surface area contributed by atoms with E-state index in [-0.39, 0.29) is 12.4 Å². The van der Waals surface area contributed by atoms with Gasteiger partial charge in [-0.1, -0.05) is 5.92 Å². The van der Waals surface area contributed by atoms with E-state index in [4.69, 9.17) is 11.2 Å². The van der Waals surface area contributed by atoms with Crippen LogP contribution in [0.4, 0.5) is 0 Å². The number of rotatable bonds is 2. The molecular weight excluding hydrogens is 188 g/mol. The molecule has 0 N–H and O–H groups in total. The molecule has 1 aromatic carbocycles. The number of fused-ring (bicyclic) bond motifs is 1. The summed E-state index contributed by atoms with van der Waals surface area (Å²) in [4.78, 5) is 11.5. The molecule has 2 nitrogen and oxygen atoms in total. The number of carbonyl (C=O) groups excluding carboxylic acids is 1. The topological polar surface area (TPSA) is 26.3 Å². The van der Waals surface area contributed by atoms with Crippen molar-refractivity contribution >= 4 is 5.78 Å². The fourth-order valence-electron chi connectivity index (χ4n) is 1.84. The molecule has 0 unspecified atom stereocenters. The summed E-state index contributed by atoms with van der Waals surface area (Å²) in [5, 5.41) is 0. The third kappa shape index (κ3) is 2.02. The van der Waals surface area contributed by atoms with Crippen LogP contribution in [0.5, 0.6) is 5.75 Å². The second-order valence-corrected chi connectivity index (χ2v) is 3.59. The van der Waals surface area contributed by atoms with Crippen molar-refractivity contribution in [3.63, 3.8) is 0 Å². The van der Waals surface area contributed by atoms with Crippen LogP contribution in [0.15, 0.2) is 18.2 Å². The Labute approximate surface area is 89.3 Å². The molecule has 0 heterocycles. The number of ether oxygens (including phenoxy) is 1. The fourth-order valence-corrected chi connectivity index (χ4v) is 1.84. The number of aryl methyl sites for hydroxylation is 1. The summed E-state index contributed by atoms with van der Waals surface area (Å²) >= 11 is 0. The molecule has 1 aromatic rings. The Morgan fingerprint density at radius 2 is 2.27 bits per heavy atom. The average molecular weight is 200 g/mol. The van der Waals surface area contributed by atoms with E-state index in [1.54, 1.807) is 6.07 Å². The van der Waals surface area contributed by atoms with Gasteiger partial charge in [-0.2, -0.15) is 0 Å². The van der Waals surface area contributed by atoms with Gasteiger partial charge >= 0.3 is 0 Å². The second-order valence-electron chi connectivity index (χ2n) is 3.59. The molecule has 0 radical (unpaired) electrons. The van der Waals surface area contributed by atoms with Gasteiger partial charge in [-0.05, 0) is 36.6 Å². The summed E-state index contributed by atoms with van der Waals surface area (Å²) < 4.78 is 5.31. The molecule has 0 saturated carbocycles. The van der Waals surface area contributed by atoms with Crippen LogP contribution in [-0.4, -0.2) is 12.4 Å². The monoisotopic (exact) mass is 200 g/mol. The highest BCUT2D eigenvalue weighted by Gasteiger charge is 2.17.